The average Bonchev–Trinajstić information content (AvgIpc) is 2.83. The monoisotopic (exact) mass is 264 g/mol. The highest BCUT2D eigenvalue weighted by molar-refractivity contribution is 5.51. The summed E-state index contributed by atoms with van der Waals surface area (Å²) in [6.45, 7) is 5.08. The Balaban J connectivity index is 1.94. The molecule has 5 nitrogen and oxygen atoms in total. The third kappa shape index (κ3) is 3.82. The van der Waals surface area contributed by atoms with Gasteiger partial charge in [-0.1, -0.05) is 13.8 Å². The van der Waals surface area contributed by atoms with Gasteiger partial charge in [-0.2, -0.15) is 0 Å². The maximum Gasteiger partial charge on any atom is 0.250 e. The van der Waals surface area contributed by atoms with Crippen LogP contribution in [0.4, 0.5) is 4.39 Å². The number of nitrogens with one attached hydrogen (secondary N) is 1. The zero-order chi connectivity index (χ0) is 13.7. The van der Waals surface area contributed by atoms with Crippen LogP contribution < -0.4 is 5.32 Å². The quantitative estimate of drug-likeness (QED) is 0.810. The average molecular weight is 264 g/mol. The molecule has 2 aromatic rings. The van der Waals surface area contributed by atoms with Gasteiger partial charge in [0.2, 0.25) is 5.89 Å². The zero-order valence-corrected chi connectivity index (χ0v) is 11.1. The molecule has 2 rings (SSSR count). The van der Waals surface area contributed by atoms with Gasteiger partial charge in [0.05, 0.1) is 11.8 Å². The number of aryl methyl sites for hydroxylation is 1. The molecule has 0 bridgehead atoms. The highest BCUT2D eigenvalue weighted by Crippen LogP contribution is 2.20. The number of aromatic nitrogens is 3. The van der Waals surface area contributed by atoms with Crippen molar-refractivity contribution in [2.75, 3.05) is 6.54 Å². The van der Waals surface area contributed by atoms with Crippen LogP contribution in [0.1, 0.15) is 26.2 Å². The van der Waals surface area contributed by atoms with Crippen LogP contribution in [-0.4, -0.2) is 27.8 Å². The Morgan fingerprint density at radius 1 is 1.37 bits per heavy atom. The lowest BCUT2D eigenvalue weighted by molar-refractivity contribution is 0.481. The minimum Gasteiger partial charge on any atom is -0.421 e. The second-order valence-corrected chi connectivity index (χ2v) is 4.57. The van der Waals surface area contributed by atoms with Crippen molar-refractivity contribution in [2.45, 2.75) is 32.7 Å². The Morgan fingerprint density at radius 2 is 2.21 bits per heavy atom. The molecule has 1 N–H and O–H groups in total. The van der Waals surface area contributed by atoms with Crippen LogP contribution in [0, 0.1) is 5.82 Å². The molecular formula is C13H17FN4O. The van der Waals surface area contributed by atoms with Crippen molar-refractivity contribution in [3.05, 3.63) is 30.2 Å². The minimum absolute atomic E-state index is 0.201. The van der Waals surface area contributed by atoms with E-state index in [4.69, 9.17) is 4.42 Å². The van der Waals surface area contributed by atoms with Crippen LogP contribution in [0.3, 0.4) is 0 Å². The summed E-state index contributed by atoms with van der Waals surface area (Å²) in [5.74, 6) is 0.266. The number of nitrogens with zero attached hydrogens (tertiary/aromatic N) is 3. The number of hydrogen-bond acceptors (Lipinski definition) is 5. The summed E-state index contributed by atoms with van der Waals surface area (Å²) >= 11 is 0. The number of pyridine rings is 1. The molecule has 0 aliphatic carbocycles. The molecule has 2 heterocycles. The molecule has 0 atom stereocenters. The Labute approximate surface area is 111 Å². The number of rotatable bonds is 6. The summed E-state index contributed by atoms with van der Waals surface area (Å²) in [4.78, 5) is 3.68. The molecular weight excluding hydrogens is 247 g/mol. The molecule has 0 aliphatic rings. The highest BCUT2D eigenvalue weighted by Gasteiger charge is 2.12. The highest BCUT2D eigenvalue weighted by atomic mass is 19.1. The fourth-order valence-corrected chi connectivity index (χ4v) is 1.64. The SMILES string of the molecule is CC(C)NCCCc1nnc(-c2ccncc2F)o1. The van der Waals surface area contributed by atoms with E-state index in [1.54, 1.807) is 0 Å². The Kier molecular flexibility index (Phi) is 4.57. The molecule has 0 spiro atoms. The lowest BCUT2D eigenvalue weighted by Gasteiger charge is -2.05. The van der Waals surface area contributed by atoms with E-state index < -0.39 is 5.82 Å². The normalized spacial score (nSPS) is 11.2. The summed E-state index contributed by atoms with van der Waals surface area (Å²) in [6.07, 6.45) is 4.21. The fraction of sp³-hybridized carbons (Fsp3) is 0.462. The molecule has 0 saturated heterocycles. The van der Waals surface area contributed by atoms with Crippen molar-refractivity contribution in [1.29, 1.82) is 0 Å². The lowest BCUT2D eigenvalue weighted by Crippen LogP contribution is -2.23. The summed E-state index contributed by atoms with van der Waals surface area (Å²) in [7, 11) is 0. The van der Waals surface area contributed by atoms with Crippen LogP contribution in [0.25, 0.3) is 11.5 Å². The Hall–Kier alpha value is -1.82. The van der Waals surface area contributed by atoms with Gasteiger partial charge in [0.1, 0.15) is 0 Å². The van der Waals surface area contributed by atoms with E-state index in [0.29, 0.717) is 18.4 Å². The number of hydrogen-bond donors (Lipinski definition) is 1. The van der Waals surface area contributed by atoms with E-state index >= 15 is 0 Å². The predicted molar refractivity (Wildman–Crippen MR) is 68.9 cm³/mol. The van der Waals surface area contributed by atoms with Crippen molar-refractivity contribution in [1.82, 2.24) is 20.5 Å². The summed E-state index contributed by atoms with van der Waals surface area (Å²) in [6, 6.07) is 1.98. The Bertz CT molecular complexity index is 527. The van der Waals surface area contributed by atoms with Crippen LogP contribution >= 0.6 is 0 Å². The smallest absolute Gasteiger partial charge is 0.250 e. The maximum absolute atomic E-state index is 13.5. The van der Waals surface area contributed by atoms with Crippen LogP contribution in [0.15, 0.2) is 22.9 Å². The predicted octanol–water partition coefficient (Wildman–Crippen LogP) is 2.20. The van der Waals surface area contributed by atoms with E-state index in [2.05, 4.69) is 34.3 Å². The van der Waals surface area contributed by atoms with Gasteiger partial charge in [0.25, 0.3) is 5.89 Å². The zero-order valence-electron chi connectivity index (χ0n) is 11.1. The van der Waals surface area contributed by atoms with Gasteiger partial charge in [0, 0.05) is 18.7 Å². The van der Waals surface area contributed by atoms with Gasteiger partial charge in [-0.25, -0.2) is 4.39 Å². The van der Waals surface area contributed by atoms with Gasteiger partial charge < -0.3 is 9.73 Å². The van der Waals surface area contributed by atoms with E-state index in [1.807, 2.05) is 0 Å². The van der Waals surface area contributed by atoms with Crippen LogP contribution in [-0.2, 0) is 6.42 Å². The van der Waals surface area contributed by atoms with Gasteiger partial charge in [-0.3, -0.25) is 4.98 Å². The molecule has 19 heavy (non-hydrogen) atoms. The summed E-state index contributed by atoms with van der Waals surface area (Å²) in [5.41, 5.74) is 0.286. The molecule has 0 saturated carbocycles. The van der Waals surface area contributed by atoms with Crippen molar-refractivity contribution in [3.8, 4) is 11.5 Å². The van der Waals surface area contributed by atoms with E-state index in [9.17, 15) is 4.39 Å². The second kappa shape index (κ2) is 6.38. The van der Waals surface area contributed by atoms with E-state index in [0.717, 1.165) is 19.2 Å². The lowest BCUT2D eigenvalue weighted by atomic mass is 10.2. The topological polar surface area (TPSA) is 63.8 Å². The molecule has 0 unspecified atom stereocenters. The van der Waals surface area contributed by atoms with Crippen molar-refractivity contribution in [3.63, 3.8) is 0 Å². The molecule has 0 fully saturated rings. The first-order chi connectivity index (χ1) is 9.16. The molecule has 0 aromatic carbocycles. The standard InChI is InChI=1S/C13H17FN4O/c1-9(2)16-6-3-4-12-17-18-13(19-12)10-5-7-15-8-11(10)14/h5,7-9,16H,3-4,6H2,1-2H3. The molecule has 0 amide bonds. The first kappa shape index (κ1) is 13.6. The minimum atomic E-state index is -0.459. The molecule has 2 aromatic heterocycles. The van der Waals surface area contributed by atoms with E-state index in [1.165, 1.54) is 12.3 Å². The van der Waals surface area contributed by atoms with Crippen LogP contribution in [0.5, 0.6) is 0 Å². The Morgan fingerprint density at radius 3 is 2.95 bits per heavy atom. The third-order valence-electron chi connectivity index (χ3n) is 2.59. The molecule has 0 radical (unpaired) electrons. The van der Waals surface area contributed by atoms with Gasteiger partial charge in [-0.05, 0) is 19.0 Å². The van der Waals surface area contributed by atoms with Crippen molar-refractivity contribution in [2.24, 2.45) is 0 Å². The van der Waals surface area contributed by atoms with Crippen LogP contribution in [0.2, 0.25) is 0 Å². The molecule has 102 valence electrons. The number of halogens is 1. The van der Waals surface area contributed by atoms with Gasteiger partial charge in [-0.15, -0.1) is 10.2 Å². The third-order valence-corrected chi connectivity index (χ3v) is 2.59. The molecule has 0 aliphatic heterocycles. The van der Waals surface area contributed by atoms with Crippen molar-refractivity contribution < 1.29 is 8.81 Å². The first-order valence-electron chi connectivity index (χ1n) is 6.32. The second-order valence-electron chi connectivity index (χ2n) is 4.57. The largest absolute Gasteiger partial charge is 0.421 e. The first-order valence-corrected chi connectivity index (χ1v) is 6.32. The van der Waals surface area contributed by atoms with Gasteiger partial charge >= 0.3 is 0 Å². The summed E-state index contributed by atoms with van der Waals surface area (Å²) in [5, 5.41) is 11.1. The summed E-state index contributed by atoms with van der Waals surface area (Å²) < 4.78 is 18.9. The van der Waals surface area contributed by atoms with Gasteiger partial charge in [0.15, 0.2) is 5.82 Å². The molecule has 6 heteroatoms. The maximum atomic E-state index is 13.5. The van der Waals surface area contributed by atoms with E-state index in [-0.39, 0.29) is 11.5 Å². The van der Waals surface area contributed by atoms with Crippen molar-refractivity contribution >= 4 is 0 Å². The fourth-order valence-electron chi connectivity index (χ4n) is 1.64.